The fraction of sp³-hybridized carbons (Fsp3) is 0.647. The zero-order chi connectivity index (χ0) is 16.0. The van der Waals surface area contributed by atoms with Crippen molar-refractivity contribution in [1.29, 1.82) is 0 Å². The van der Waals surface area contributed by atoms with Crippen molar-refractivity contribution < 1.29 is 9.47 Å². The molecule has 0 aliphatic rings. The van der Waals surface area contributed by atoms with Crippen LogP contribution in [0.3, 0.4) is 0 Å². The Labute approximate surface area is 129 Å². The highest BCUT2D eigenvalue weighted by Crippen LogP contribution is 2.32. The van der Waals surface area contributed by atoms with Crippen LogP contribution in [0.5, 0.6) is 11.5 Å². The molecule has 4 nitrogen and oxygen atoms in total. The summed E-state index contributed by atoms with van der Waals surface area (Å²) in [4.78, 5) is 2.41. The Morgan fingerprint density at radius 3 is 2.10 bits per heavy atom. The molecule has 0 fully saturated rings. The van der Waals surface area contributed by atoms with E-state index in [9.17, 15) is 0 Å². The summed E-state index contributed by atoms with van der Waals surface area (Å²) in [6.45, 7) is 12.3. The quantitative estimate of drug-likeness (QED) is 0.800. The fourth-order valence-corrected chi connectivity index (χ4v) is 2.65. The van der Waals surface area contributed by atoms with Gasteiger partial charge in [0.15, 0.2) is 0 Å². The van der Waals surface area contributed by atoms with E-state index in [-0.39, 0.29) is 6.04 Å². The monoisotopic (exact) mass is 294 g/mol. The third-order valence-electron chi connectivity index (χ3n) is 3.64. The Bertz CT molecular complexity index is 423. The third-order valence-corrected chi connectivity index (χ3v) is 3.64. The van der Waals surface area contributed by atoms with Crippen LogP contribution >= 0.6 is 0 Å². The number of hydrogen-bond acceptors (Lipinski definition) is 4. The molecule has 0 saturated heterocycles. The fourth-order valence-electron chi connectivity index (χ4n) is 2.65. The Kier molecular flexibility index (Phi) is 6.99. The molecule has 0 heterocycles. The maximum atomic E-state index is 6.05. The molecule has 120 valence electrons. The summed E-state index contributed by atoms with van der Waals surface area (Å²) in [7, 11) is 1.66. The van der Waals surface area contributed by atoms with E-state index < -0.39 is 0 Å². The predicted molar refractivity (Wildman–Crippen MR) is 88.1 cm³/mol. The van der Waals surface area contributed by atoms with E-state index >= 15 is 0 Å². The molecule has 0 spiro atoms. The average Bonchev–Trinajstić information content (AvgIpc) is 2.41. The number of methoxy groups -OCH3 is 1. The highest BCUT2D eigenvalue weighted by atomic mass is 16.5. The van der Waals surface area contributed by atoms with Gasteiger partial charge in [0.05, 0.1) is 12.7 Å². The average molecular weight is 294 g/mol. The second kappa shape index (κ2) is 8.25. The number of hydrogen-bond donors (Lipinski definition) is 1. The van der Waals surface area contributed by atoms with Crippen LogP contribution in [0, 0.1) is 0 Å². The summed E-state index contributed by atoms with van der Waals surface area (Å²) in [5.41, 5.74) is 6.98. The van der Waals surface area contributed by atoms with Crippen LogP contribution in [0.1, 0.15) is 46.2 Å². The van der Waals surface area contributed by atoms with Crippen LogP contribution in [0.2, 0.25) is 0 Å². The molecule has 4 heteroatoms. The zero-order valence-corrected chi connectivity index (χ0v) is 14.2. The van der Waals surface area contributed by atoms with Gasteiger partial charge in [0.1, 0.15) is 18.1 Å². The SMILES string of the molecule is COc1cccc(OCCN(C(C)C)C(C)C)c1[C@H](C)N. The lowest BCUT2D eigenvalue weighted by Gasteiger charge is -2.30. The van der Waals surface area contributed by atoms with Crippen molar-refractivity contribution in [2.24, 2.45) is 5.73 Å². The standard InChI is InChI=1S/C17H30N2O2/c1-12(2)19(13(3)4)10-11-21-16-9-7-8-15(20-6)17(16)14(5)18/h7-9,12-14H,10-11,18H2,1-6H3/t14-/m0/s1. The van der Waals surface area contributed by atoms with Crippen molar-refractivity contribution in [1.82, 2.24) is 4.90 Å². The van der Waals surface area contributed by atoms with E-state index in [0.29, 0.717) is 18.7 Å². The molecule has 0 bridgehead atoms. The van der Waals surface area contributed by atoms with E-state index in [1.807, 2.05) is 25.1 Å². The molecule has 0 unspecified atom stereocenters. The smallest absolute Gasteiger partial charge is 0.127 e. The van der Waals surface area contributed by atoms with Gasteiger partial charge in [-0.25, -0.2) is 0 Å². The number of nitrogens with two attached hydrogens (primary N) is 1. The van der Waals surface area contributed by atoms with Crippen LogP contribution in [0.25, 0.3) is 0 Å². The molecule has 2 N–H and O–H groups in total. The first-order chi connectivity index (χ1) is 9.88. The van der Waals surface area contributed by atoms with Crippen LogP contribution < -0.4 is 15.2 Å². The van der Waals surface area contributed by atoms with Crippen LogP contribution in [0.4, 0.5) is 0 Å². The molecular weight excluding hydrogens is 264 g/mol. The topological polar surface area (TPSA) is 47.7 Å². The maximum absolute atomic E-state index is 6.05. The summed E-state index contributed by atoms with van der Waals surface area (Å²) in [5, 5.41) is 0. The van der Waals surface area contributed by atoms with E-state index in [2.05, 4.69) is 32.6 Å². The van der Waals surface area contributed by atoms with Crippen molar-refractivity contribution in [2.75, 3.05) is 20.3 Å². The molecule has 1 aromatic carbocycles. The summed E-state index contributed by atoms with van der Waals surface area (Å²) < 4.78 is 11.4. The lowest BCUT2D eigenvalue weighted by Crippen LogP contribution is -2.39. The van der Waals surface area contributed by atoms with Gasteiger partial charge < -0.3 is 15.2 Å². The second-order valence-corrected chi connectivity index (χ2v) is 5.93. The first-order valence-electron chi connectivity index (χ1n) is 7.69. The number of ether oxygens (including phenoxy) is 2. The van der Waals surface area contributed by atoms with Gasteiger partial charge in [-0.3, -0.25) is 4.90 Å². The first kappa shape index (κ1) is 17.8. The van der Waals surface area contributed by atoms with Gasteiger partial charge in [-0.2, -0.15) is 0 Å². The normalized spacial score (nSPS) is 13.0. The van der Waals surface area contributed by atoms with E-state index in [0.717, 1.165) is 23.6 Å². The molecule has 21 heavy (non-hydrogen) atoms. The van der Waals surface area contributed by atoms with Gasteiger partial charge >= 0.3 is 0 Å². The van der Waals surface area contributed by atoms with E-state index in [1.54, 1.807) is 7.11 Å². The minimum absolute atomic E-state index is 0.123. The largest absolute Gasteiger partial charge is 0.496 e. The zero-order valence-electron chi connectivity index (χ0n) is 14.2. The van der Waals surface area contributed by atoms with E-state index in [1.165, 1.54) is 0 Å². The second-order valence-electron chi connectivity index (χ2n) is 5.93. The lowest BCUT2D eigenvalue weighted by atomic mass is 10.1. The van der Waals surface area contributed by atoms with Crippen LogP contribution in [0.15, 0.2) is 18.2 Å². The van der Waals surface area contributed by atoms with Gasteiger partial charge in [-0.15, -0.1) is 0 Å². The molecule has 0 aliphatic carbocycles. The molecule has 0 amide bonds. The minimum Gasteiger partial charge on any atom is -0.496 e. The summed E-state index contributed by atoms with van der Waals surface area (Å²) >= 11 is 0. The summed E-state index contributed by atoms with van der Waals surface area (Å²) in [5.74, 6) is 1.60. The Hall–Kier alpha value is -1.26. The highest BCUT2D eigenvalue weighted by molar-refractivity contribution is 5.46. The number of nitrogens with zero attached hydrogens (tertiary/aromatic N) is 1. The van der Waals surface area contributed by atoms with Crippen LogP contribution in [-0.4, -0.2) is 37.2 Å². The molecular formula is C17H30N2O2. The molecule has 0 aromatic heterocycles. The Balaban J connectivity index is 2.75. The summed E-state index contributed by atoms with van der Waals surface area (Å²) in [6.07, 6.45) is 0. The van der Waals surface area contributed by atoms with Gasteiger partial charge in [-0.1, -0.05) is 6.07 Å². The minimum atomic E-state index is -0.123. The molecule has 1 atom stereocenters. The highest BCUT2D eigenvalue weighted by Gasteiger charge is 2.16. The lowest BCUT2D eigenvalue weighted by molar-refractivity contribution is 0.141. The van der Waals surface area contributed by atoms with E-state index in [4.69, 9.17) is 15.2 Å². The third kappa shape index (κ3) is 4.90. The van der Waals surface area contributed by atoms with Gasteiger partial charge in [0.2, 0.25) is 0 Å². The Morgan fingerprint density at radius 1 is 1.05 bits per heavy atom. The maximum Gasteiger partial charge on any atom is 0.127 e. The van der Waals surface area contributed by atoms with Gasteiger partial charge in [-0.05, 0) is 46.8 Å². The molecule has 0 radical (unpaired) electrons. The van der Waals surface area contributed by atoms with Crippen molar-refractivity contribution in [3.63, 3.8) is 0 Å². The van der Waals surface area contributed by atoms with Crippen molar-refractivity contribution in [3.05, 3.63) is 23.8 Å². The van der Waals surface area contributed by atoms with Crippen LogP contribution in [-0.2, 0) is 0 Å². The Morgan fingerprint density at radius 2 is 1.62 bits per heavy atom. The van der Waals surface area contributed by atoms with Crippen molar-refractivity contribution in [2.45, 2.75) is 52.7 Å². The molecule has 0 saturated carbocycles. The molecule has 1 aromatic rings. The summed E-state index contributed by atoms with van der Waals surface area (Å²) in [6, 6.07) is 6.69. The molecule has 1 rings (SSSR count). The van der Waals surface area contributed by atoms with Gasteiger partial charge in [0, 0.05) is 24.7 Å². The molecule has 0 aliphatic heterocycles. The number of benzene rings is 1. The van der Waals surface area contributed by atoms with Gasteiger partial charge in [0.25, 0.3) is 0 Å². The first-order valence-corrected chi connectivity index (χ1v) is 7.69. The van der Waals surface area contributed by atoms with Crippen molar-refractivity contribution >= 4 is 0 Å². The number of rotatable bonds is 8. The predicted octanol–water partition coefficient (Wildman–Crippen LogP) is 3.21. The van der Waals surface area contributed by atoms with Crippen molar-refractivity contribution in [3.8, 4) is 11.5 Å².